The van der Waals surface area contributed by atoms with E-state index in [-0.39, 0.29) is 0 Å². The van der Waals surface area contributed by atoms with Crippen LogP contribution in [0.2, 0.25) is 5.02 Å². The van der Waals surface area contributed by atoms with Gasteiger partial charge in [0, 0.05) is 35.2 Å². The molecule has 0 saturated carbocycles. The monoisotopic (exact) mass is 271 g/mol. The third-order valence-corrected chi connectivity index (χ3v) is 3.57. The van der Waals surface area contributed by atoms with Crippen molar-refractivity contribution in [2.75, 3.05) is 24.6 Å². The number of halogens is 1. The highest BCUT2D eigenvalue weighted by molar-refractivity contribution is 7.99. The van der Waals surface area contributed by atoms with Gasteiger partial charge < -0.3 is 10.4 Å². The number of hydrogen-bond donors (Lipinski definition) is 2. The summed E-state index contributed by atoms with van der Waals surface area (Å²) in [6, 6.07) is 7.38. The summed E-state index contributed by atoms with van der Waals surface area (Å²) in [5.41, 5.74) is 0.778. The molecule has 4 heteroatoms. The standard InChI is InChI=1S/C13H18ClNOS/c1-2-8-17-9-7-15-10-13(16)11-5-3-4-6-12(11)14/h2-6,13,15-16H,1,7-10H2. The molecule has 0 heterocycles. The highest BCUT2D eigenvalue weighted by Crippen LogP contribution is 2.21. The van der Waals surface area contributed by atoms with E-state index in [1.165, 1.54) is 0 Å². The van der Waals surface area contributed by atoms with E-state index in [1.54, 1.807) is 6.07 Å². The van der Waals surface area contributed by atoms with Crippen molar-refractivity contribution >= 4 is 23.4 Å². The number of rotatable bonds is 8. The van der Waals surface area contributed by atoms with Gasteiger partial charge >= 0.3 is 0 Å². The number of benzene rings is 1. The van der Waals surface area contributed by atoms with Crippen LogP contribution in [0.4, 0.5) is 0 Å². The number of nitrogens with one attached hydrogen (secondary N) is 1. The second-order valence-corrected chi connectivity index (χ2v) is 5.16. The zero-order valence-electron chi connectivity index (χ0n) is 9.73. The van der Waals surface area contributed by atoms with Crippen molar-refractivity contribution in [1.29, 1.82) is 0 Å². The molecule has 1 aromatic rings. The van der Waals surface area contributed by atoms with Gasteiger partial charge in [-0.1, -0.05) is 35.9 Å². The summed E-state index contributed by atoms with van der Waals surface area (Å²) < 4.78 is 0. The molecule has 0 bridgehead atoms. The average Bonchev–Trinajstić information content (AvgIpc) is 2.34. The lowest BCUT2D eigenvalue weighted by molar-refractivity contribution is 0.176. The third-order valence-electron chi connectivity index (χ3n) is 2.26. The topological polar surface area (TPSA) is 32.3 Å². The SMILES string of the molecule is C=CCSCCNCC(O)c1ccccc1Cl. The first-order valence-electron chi connectivity index (χ1n) is 5.57. The van der Waals surface area contributed by atoms with E-state index in [0.29, 0.717) is 11.6 Å². The van der Waals surface area contributed by atoms with Crippen molar-refractivity contribution in [3.8, 4) is 0 Å². The Morgan fingerprint density at radius 2 is 2.24 bits per heavy atom. The predicted molar refractivity (Wildman–Crippen MR) is 76.8 cm³/mol. The Morgan fingerprint density at radius 3 is 2.94 bits per heavy atom. The van der Waals surface area contributed by atoms with Gasteiger partial charge in [-0.25, -0.2) is 0 Å². The van der Waals surface area contributed by atoms with Crippen molar-refractivity contribution in [1.82, 2.24) is 5.32 Å². The Kier molecular flexibility index (Phi) is 7.37. The molecule has 1 rings (SSSR count). The first-order chi connectivity index (χ1) is 8.25. The van der Waals surface area contributed by atoms with E-state index in [1.807, 2.05) is 36.0 Å². The summed E-state index contributed by atoms with van der Waals surface area (Å²) in [5.74, 6) is 1.98. The summed E-state index contributed by atoms with van der Waals surface area (Å²) in [5, 5.41) is 13.8. The first-order valence-corrected chi connectivity index (χ1v) is 7.11. The maximum atomic E-state index is 9.93. The van der Waals surface area contributed by atoms with E-state index in [2.05, 4.69) is 11.9 Å². The first kappa shape index (κ1) is 14.6. The Balaban J connectivity index is 2.23. The van der Waals surface area contributed by atoms with Crippen LogP contribution in [0, 0.1) is 0 Å². The lowest BCUT2D eigenvalue weighted by Gasteiger charge is -2.13. The van der Waals surface area contributed by atoms with E-state index < -0.39 is 6.10 Å². The van der Waals surface area contributed by atoms with Gasteiger partial charge in [0.15, 0.2) is 0 Å². The Hall–Kier alpha value is -0.480. The summed E-state index contributed by atoms with van der Waals surface area (Å²) in [6.45, 7) is 5.06. The van der Waals surface area contributed by atoms with Crippen LogP contribution < -0.4 is 5.32 Å². The Morgan fingerprint density at radius 1 is 1.47 bits per heavy atom. The minimum Gasteiger partial charge on any atom is -0.387 e. The smallest absolute Gasteiger partial charge is 0.0928 e. The number of thioether (sulfide) groups is 1. The quantitative estimate of drug-likeness (QED) is 0.563. The zero-order chi connectivity index (χ0) is 12.5. The highest BCUT2D eigenvalue weighted by atomic mass is 35.5. The van der Waals surface area contributed by atoms with Crippen LogP contribution in [0.25, 0.3) is 0 Å². The van der Waals surface area contributed by atoms with Gasteiger partial charge in [0.05, 0.1) is 6.10 Å². The van der Waals surface area contributed by atoms with Gasteiger partial charge in [-0.2, -0.15) is 11.8 Å². The van der Waals surface area contributed by atoms with Crippen LogP contribution in [0.5, 0.6) is 0 Å². The van der Waals surface area contributed by atoms with E-state index >= 15 is 0 Å². The minimum absolute atomic E-state index is 0.526. The summed E-state index contributed by atoms with van der Waals surface area (Å²) in [4.78, 5) is 0. The average molecular weight is 272 g/mol. The van der Waals surface area contributed by atoms with Crippen LogP contribution in [0.1, 0.15) is 11.7 Å². The Labute approximate surface area is 112 Å². The van der Waals surface area contributed by atoms with E-state index in [0.717, 1.165) is 23.6 Å². The molecule has 17 heavy (non-hydrogen) atoms. The van der Waals surface area contributed by atoms with Crippen molar-refractivity contribution in [3.63, 3.8) is 0 Å². The molecule has 0 fully saturated rings. The van der Waals surface area contributed by atoms with Gasteiger partial charge in [0.1, 0.15) is 0 Å². The van der Waals surface area contributed by atoms with Crippen molar-refractivity contribution in [2.24, 2.45) is 0 Å². The molecular formula is C13H18ClNOS. The maximum absolute atomic E-state index is 9.93. The fourth-order valence-corrected chi connectivity index (χ4v) is 2.29. The van der Waals surface area contributed by atoms with Gasteiger partial charge in [-0.15, -0.1) is 6.58 Å². The fourth-order valence-electron chi connectivity index (χ4n) is 1.41. The van der Waals surface area contributed by atoms with Gasteiger partial charge in [-0.05, 0) is 6.07 Å². The molecule has 0 aliphatic carbocycles. The molecule has 1 aromatic carbocycles. The number of hydrogen-bond acceptors (Lipinski definition) is 3. The Bertz CT molecular complexity index is 346. The lowest BCUT2D eigenvalue weighted by Crippen LogP contribution is -2.24. The normalized spacial score (nSPS) is 12.4. The van der Waals surface area contributed by atoms with Crippen molar-refractivity contribution in [3.05, 3.63) is 47.5 Å². The molecule has 0 amide bonds. The largest absolute Gasteiger partial charge is 0.387 e. The van der Waals surface area contributed by atoms with Crippen LogP contribution in [0.3, 0.4) is 0 Å². The second kappa shape index (κ2) is 8.59. The zero-order valence-corrected chi connectivity index (χ0v) is 11.3. The van der Waals surface area contributed by atoms with Crippen LogP contribution in [-0.2, 0) is 0 Å². The van der Waals surface area contributed by atoms with E-state index in [4.69, 9.17) is 11.6 Å². The molecule has 0 aliphatic heterocycles. The highest BCUT2D eigenvalue weighted by Gasteiger charge is 2.09. The number of aliphatic hydroxyl groups excluding tert-OH is 1. The molecule has 0 aromatic heterocycles. The van der Waals surface area contributed by atoms with Gasteiger partial charge in [0.25, 0.3) is 0 Å². The predicted octanol–water partition coefficient (Wildman–Crippen LogP) is 2.88. The van der Waals surface area contributed by atoms with Crippen molar-refractivity contribution in [2.45, 2.75) is 6.10 Å². The summed E-state index contributed by atoms with van der Waals surface area (Å²) >= 11 is 7.81. The lowest BCUT2D eigenvalue weighted by atomic mass is 10.1. The van der Waals surface area contributed by atoms with E-state index in [9.17, 15) is 5.11 Å². The molecule has 2 N–H and O–H groups in total. The molecular weight excluding hydrogens is 254 g/mol. The van der Waals surface area contributed by atoms with Gasteiger partial charge in [0.2, 0.25) is 0 Å². The second-order valence-electron chi connectivity index (χ2n) is 3.61. The van der Waals surface area contributed by atoms with Crippen molar-refractivity contribution < 1.29 is 5.11 Å². The molecule has 0 aliphatic rings. The maximum Gasteiger partial charge on any atom is 0.0928 e. The molecule has 0 radical (unpaired) electrons. The molecule has 0 spiro atoms. The minimum atomic E-state index is -0.548. The molecule has 94 valence electrons. The molecule has 2 nitrogen and oxygen atoms in total. The molecule has 1 unspecified atom stereocenters. The van der Waals surface area contributed by atoms with Crippen LogP contribution in [0.15, 0.2) is 36.9 Å². The molecule has 1 atom stereocenters. The number of aliphatic hydroxyl groups is 1. The summed E-state index contributed by atoms with van der Waals surface area (Å²) in [6.07, 6.45) is 1.34. The third kappa shape index (κ3) is 5.59. The van der Waals surface area contributed by atoms with Crippen LogP contribution >= 0.6 is 23.4 Å². The fraction of sp³-hybridized carbons (Fsp3) is 0.385. The summed E-state index contributed by atoms with van der Waals surface area (Å²) in [7, 11) is 0. The van der Waals surface area contributed by atoms with Gasteiger partial charge in [-0.3, -0.25) is 0 Å². The molecule has 0 saturated heterocycles. The van der Waals surface area contributed by atoms with Crippen LogP contribution in [-0.4, -0.2) is 29.7 Å².